The van der Waals surface area contributed by atoms with Crippen molar-refractivity contribution in [2.24, 2.45) is 0 Å². The fourth-order valence-electron chi connectivity index (χ4n) is 1.86. The van der Waals surface area contributed by atoms with Crippen LogP contribution in [-0.4, -0.2) is 22.6 Å². The molecule has 126 valence electrons. The smallest absolute Gasteiger partial charge is 0.341 e. The van der Waals surface area contributed by atoms with Crippen molar-refractivity contribution in [1.29, 1.82) is 0 Å². The van der Waals surface area contributed by atoms with Crippen LogP contribution in [0.4, 0.5) is 0 Å². The molecule has 0 saturated heterocycles. The van der Waals surface area contributed by atoms with Gasteiger partial charge in [-0.15, -0.1) is 0 Å². The van der Waals surface area contributed by atoms with E-state index in [0.29, 0.717) is 18.4 Å². The number of carbonyl (C=O) groups is 1. The van der Waals surface area contributed by atoms with E-state index in [1.165, 1.54) is 18.2 Å². The highest BCUT2D eigenvalue weighted by molar-refractivity contribution is 6.43. The fourth-order valence-corrected chi connectivity index (χ4v) is 2.30. The maximum Gasteiger partial charge on any atom is 0.341 e. The molecule has 0 radical (unpaired) electrons. The molecule has 1 aromatic carbocycles. The van der Waals surface area contributed by atoms with Gasteiger partial charge in [0, 0.05) is 18.1 Å². The summed E-state index contributed by atoms with van der Waals surface area (Å²) in [4.78, 5) is 21.2. The van der Waals surface area contributed by atoms with Gasteiger partial charge in [-0.05, 0) is 18.6 Å². The molecule has 0 saturated carbocycles. The summed E-state index contributed by atoms with van der Waals surface area (Å²) < 4.78 is 5.00. The van der Waals surface area contributed by atoms with Gasteiger partial charge >= 0.3 is 5.97 Å². The zero-order chi connectivity index (χ0) is 17.4. The lowest BCUT2D eigenvalue weighted by Gasteiger charge is -2.09. The molecule has 0 aromatic heterocycles. The Morgan fingerprint density at radius 1 is 1.35 bits per heavy atom. The third-order valence-corrected chi connectivity index (χ3v) is 3.90. The summed E-state index contributed by atoms with van der Waals surface area (Å²) in [6.07, 6.45) is 4.31. The molecular formula is C15H17Cl2NO5. The molecular weight excluding hydrogens is 345 g/mol. The Morgan fingerprint density at radius 3 is 2.61 bits per heavy atom. The fraction of sp³-hybridized carbons (Fsp3) is 0.400. The highest BCUT2D eigenvalue weighted by Gasteiger charge is 2.15. The van der Waals surface area contributed by atoms with Gasteiger partial charge < -0.3 is 9.84 Å². The largest absolute Gasteiger partial charge is 0.480 e. The molecule has 1 aromatic rings. The molecule has 1 N–H and O–H groups in total. The molecule has 0 spiro atoms. The molecule has 0 unspecified atom stereocenters. The monoisotopic (exact) mass is 361 g/mol. The van der Waals surface area contributed by atoms with Crippen LogP contribution in [0.1, 0.15) is 38.2 Å². The van der Waals surface area contributed by atoms with E-state index >= 15 is 0 Å². The summed E-state index contributed by atoms with van der Waals surface area (Å²) in [6, 6.07) is 2.95. The van der Waals surface area contributed by atoms with Crippen LogP contribution >= 0.6 is 23.2 Å². The number of unbranched alkanes of at least 4 members (excludes halogenated alkanes) is 2. The molecule has 0 heterocycles. The van der Waals surface area contributed by atoms with Gasteiger partial charge in [0.15, 0.2) is 6.61 Å². The topological polar surface area (TPSA) is 89.7 Å². The van der Waals surface area contributed by atoms with Crippen LogP contribution in [-0.2, 0) is 4.79 Å². The highest BCUT2D eigenvalue weighted by atomic mass is 35.5. The Morgan fingerprint density at radius 2 is 2.04 bits per heavy atom. The molecule has 0 atom stereocenters. The Kier molecular flexibility index (Phi) is 7.85. The molecule has 23 heavy (non-hydrogen) atoms. The number of hydrogen-bond donors (Lipinski definition) is 1. The van der Waals surface area contributed by atoms with Crippen molar-refractivity contribution in [3.05, 3.63) is 43.6 Å². The Balaban J connectivity index is 3.02. The lowest BCUT2D eigenvalue weighted by atomic mass is 10.1. The van der Waals surface area contributed by atoms with Gasteiger partial charge in [0.2, 0.25) is 5.70 Å². The van der Waals surface area contributed by atoms with Crippen molar-refractivity contribution in [2.75, 3.05) is 6.61 Å². The predicted octanol–water partition coefficient (Wildman–Crippen LogP) is 4.65. The van der Waals surface area contributed by atoms with Crippen LogP contribution in [0.15, 0.2) is 17.8 Å². The van der Waals surface area contributed by atoms with E-state index in [1.807, 2.05) is 6.92 Å². The molecule has 0 aliphatic heterocycles. The second-order valence-corrected chi connectivity index (χ2v) is 5.57. The number of benzene rings is 1. The highest BCUT2D eigenvalue weighted by Crippen LogP contribution is 2.36. The molecule has 0 aliphatic carbocycles. The van der Waals surface area contributed by atoms with Crippen molar-refractivity contribution in [3.8, 4) is 5.75 Å². The van der Waals surface area contributed by atoms with E-state index < -0.39 is 17.5 Å². The second kappa shape index (κ2) is 9.37. The molecule has 0 amide bonds. The second-order valence-electron chi connectivity index (χ2n) is 4.81. The van der Waals surface area contributed by atoms with E-state index in [-0.39, 0.29) is 21.5 Å². The predicted molar refractivity (Wildman–Crippen MR) is 88.7 cm³/mol. The first-order valence-electron chi connectivity index (χ1n) is 7.04. The zero-order valence-electron chi connectivity index (χ0n) is 12.6. The first-order valence-corrected chi connectivity index (χ1v) is 7.80. The maximum atomic E-state index is 11.1. The third-order valence-electron chi connectivity index (χ3n) is 3.02. The summed E-state index contributed by atoms with van der Waals surface area (Å²) in [5.41, 5.74) is 0.443. The van der Waals surface area contributed by atoms with Crippen LogP contribution in [0.25, 0.3) is 6.08 Å². The number of nitrogens with zero attached hydrogens (tertiary/aromatic N) is 1. The number of aliphatic carboxylic acids is 1. The van der Waals surface area contributed by atoms with E-state index in [9.17, 15) is 14.9 Å². The number of ether oxygens (including phenoxy) is 1. The van der Waals surface area contributed by atoms with Crippen molar-refractivity contribution in [3.63, 3.8) is 0 Å². The SMILES string of the molecule is CCCCC/C(=C\c1ccc(OCC(=O)O)c(Cl)c1Cl)[N+](=O)[O-]. The maximum absolute atomic E-state index is 11.1. The van der Waals surface area contributed by atoms with Gasteiger partial charge in [0.05, 0.1) is 9.95 Å². The Bertz CT molecular complexity index is 616. The number of allylic oxidation sites excluding steroid dienone is 1. The van der Waals surface area contributed by atoms with Crippen molar-refractivity contribution < 1.29 is 19.6 Å². The van der Waals surface area contributed by atoms with Gasteiger partial charge in [-0.2, -0.15) is 0 Å². The number of nitro groups is 1. The number of halogens is 2. The van der Waals surface area contributed by atoms with Crippen LogP contribution < -0.4 is 4.74 Å². The van der Waals surface area contributed by atoms with Gasteiger partial charge in [0.25, 0.3) is 0 Å². The van der Waals surface area contributed by atoms with Crippen molar-refractivity contribution in [2.45, 2.75) is 32.6 Å². The van der Waals surface area contributed by atoms with Crippen LogP contribution in [0.3, 0.4) is 0 Å². The van der Waals surface area contributed by atoms with Crippen LogP contribution in [0.5, 0.6) is 5.75 Å². The normalized spacial score (nSPS) is 11.3. The van der Waals surface area contributed by atoms with Gasteiger partial charge in [0.1, 0.15) is 10.8 Å². The lowest BCUT2D eigenvalue weighted by molar-refractivity contribution is -0.426. The molecule has 0 fully saturated rings. The van der Waals surface area contributed by atoms with Gasteiger partial charge in [-0.3, -0.25) is 10.1 Å². The van der Waals surface area contributed by atoms with E-state index in [4.69, 9.17) is 33.0 Å². The zero-order valence-corrected chi connectivity index (χ0v) is 14.1. The molecule has 0 aliphatic rings. The first kappa shape index (κ1) is 19.3. The average Bonchev–Trinajstić information content (AvgIpc) is 2.49. The lowest BCUT2D eigenvalue weighted by Crippen LogP contribution is -2.09. The van der Waals surface area contributed by atoms with E-state index in [1.54, 1.807) is 0 Å². The van der Waals surface area contributed by atoms with Gasteiger partial charge in [-0.1, -0.05) is 43.0 Å². The summed E-state index contributed by atoms with van der Waals surface area (Å²) in [5.74, 6) is -1.03. The van der Waals surface area contributed by atoms with E-state index in [2.05, 4.69) is 0 Å². The minimum absolute atomic E-state index is 0.0259. The summed E-state index contributed by atoms with van der Waals surface area (Å²) in [7, 11) is 0. The van der Waals surface area contributed by atoms with Crippen LogP contribution in [0.2, 0.25) is 10.0 Å². The summed E-state index contributed by atoms with van der Waals surface area (Å²) in [6.45, 7) is 1.46. The summed E-state index contributed by atoms with van der Waals surface area (Å²) in [5, 5.41) is 19.8. The van der Waals surface area contributed by atoms with Crippen molar-refractivity contribution in [1.82, 2.24) is 0 Å². The number of carboxylic acids is 1. The van der Waals surface area contributed by atoms with Crippen LogP contribution in [0, 0.1) is 10.1 Å². The Labute approximate surface area is 143 Å². The molecule has 0 bridgehead atoms. The number of hydrogen-bond acceptors (Lipinski definition) is 4. The molecule has 8 heteroatoms. The van der Waals surface area contributed by atoms with Gasteiger partial charge in [-0.25, -0.2) is 4.79 Å². The van der Waals surface area contributed by atoms with Crippen molar-refractivity contribution >= 4 is 35.2 Å². The standard InChI is InChI=1S/C15H17Cl2NO5/c1-2-3-4-5-11(18(21)22)8-10-6-7-12(15(17)14(10)16)23-9-13(19)20/h6-8H,2-5,9H2,1H3,(H,19,20)/b11-8+. The minimum atomic E-state index is -1.15. The molecule has 1 rings (SSSR count). The summed E-state index contributed by atoms with van der Waals surface area (Å²) >= 11 is 12.1. The first-order chi connectivity index (χ1) is 10.9. The molecule has 6 nitrogen and oxygen atoms in total. The third kappa shape index (κ3) is 6.08. The quantitative estimate of drug-likeness (QED) is 0.392. The number of carboxylic acid groups (broad SMARTS) is 1. The minimum Gasteiger partial charge on any atom is -0.480 e. The number of rotatable bonds is 9. The average molecular weight is 362 g/mol. The Hall–Kier alpha value is -1.79. The van der Waals surface area contributed by atoms with E-state index in [0.717, 1.165) is 12.8 Å².